The van der Waals surface area contributed by atoms with Crippen molar-refractivity contribution in [2.45, 2.75) is 6.61 Å². The van der Waals surface area contributed by atoms with Crippen molar-refractivity contribution in [1.29, 1.82) is 0 Å². The minimum Gasteiger partial charge on any atom is -0.489 e. The van der Waals surface area contributed by atoms with E-state index in [2.05, 4.69) is 4.98 Å². The number of fused-ring (bicyclic) bond motifs is 1. The van der Waals surface area contributed by atoms with Crippen molar-refractivity contribution in [3.63, 3.8) is 0 Å². The number of hydrogen-bond acceptors (Lipinski definition) is 3. The molecule has 0 aliphatic rings. The molecule has 0 spiro atoms. The van der Waals surface area contributed by atoms with Crippen molar-refractivity contribution in [2.75, 3.05) is 5.73 Å². The fraction of sp³-hybridized carbons (Fsp3) is 0.0625. The minimum atomic E-state index is -0.476. The van der Waals surface area contributed by atoms with Crippen LogP contribution in [0, 0.1) is 5.82 Å². The van der Waals surface area contributed by atoms with Crippen LogP contribution in [0.4, 0.5) is 10.2 Å². The number of nitrogens with two attached hydrogens (primary N) is 1. The van der Waals surface area contributed by atoms with Crippen molar-refractivity contribution in [1.82, 2.24) is 4.98 Å². The van der Waals surface area contributed by atoms with E-state index in [9.17, 15) is 4.39 Å². The first-order chi connectivity index (χ1) is 10.1. The number of aromatic nitrogens is 1. The molecule has 0 atom stereocenters. The summed E-state index contributed by atoms with van der Waals surface area (Å²) in [7, 11) is 0. The second-order valence-corrected chi connectivity index (χ2v) is 5.00. The Balaban J connectivity index is 1.84. The van der Waals surface area contributed by atoms with Crippen LogP contribution in [-0.4, -0.2) is 4.98 Å². The Bertz CT molecular complexity index is 807. The Morgan fingerprint density at radius 2 is 1.95 bits per heavy atom. The molecule has 2 aromatic carbocycles. The predicted molar refractivity (Wildman–Crippen MR) is 81.9 cm³/mol. The zero-order chi connectivity index (χ0) is 14.8. The van der Waals surface area contributed by atoms with Gasteiger partial charge in [-0.1, -0.05) is 29.8 Å². The average Bonchev–Trinajstić information content (AvgIpc) is 2.48. The maximum atomic E-state index is 13.1. The number of hydrogen-bond donors (Lipinski definition) is 1. The van der Waals surface area contributed by atoms with Crippen molar-refractivity contribution < 1.29 is 9.13 Å². The molecule has 5 heteroatoms. The van der Waals surface area contributed by atoms with Crippen molar-refractivity contribution in [2.24, 2.45) is 0 Å². The normalized spacial score (nSPS) is 10.8. The van der Waals surface area contributed by atoms with Crippen LogP contribution in [0.5, 0.6) is 5.75 Å². The van der Waals surface area contributed by atoms with E-state index >= 15 is 0 Å². The molecule has 0 saturated carbocycles. The third kappa shape index (κ3) is 2.90. The third-order valence-electron chi connectivity index (χ3n) is 3.12. The highest BCUT2D eigenvalue weighted by Crippen LogP contribution is 2.24. The predicted octanol–water partition coefficient (Wildman–Crippen LogP) is 4.19. The SMILES string of the molecule is Nc1nc2ccccc2cc1COc1ccc(F)c(Cl)c1. The van der Waals surface area contributed by atoms with E-state index in [4.69, 9.17) is 22.1 Å². The first kappa shape index (κ1) is 13.6. The van der Waals surface area contributed by atoms with E-state index in [1.54, 1.807) is 0 Å². The zero-order valence-electron chi connectivity index (χ0n) is 11.0. The molecule has 0 bridgehead atoms. The number of rotatable bonds is 3. The maximum Gasteiger partial charge on any atom is 0.142 e. The van der Waals surface area contributed by atoms with E-state index in [0.29, 0.717) is 11.6 Å². The lowest BCUT2D eigenvalue weighted by atomic mass is 10.1. The summed E-state index contributed by atoms with van der Waals surface area (Å²) in [6, 6.07) is 13.8. The van der Waals surface area contributed by atoms with Crippen LogP contribution < -0.4 is 10.5 Å². The molecule has 0 aliphatic carbocycles. The molecule has 21 heavy (non-hydrogen) atoms. The van der Waals surface area contributed by atoms with Crippen LogP contribution in [0.2, 0.25) is 5.02 Å². The summed E-state index contributed by atoms with van der Waals surface area (Å²) in [6.45, 7) is 0.242. The monoisotopic (exact) mass is 302 g/mol. The van der Waals surface area contributed by atoms with Gasteiger partial charge >= 0.3 is 0 Å². The Kier molecular flexibility index (Phi) is 3.62. The average molecular weight is 303 g/mol. The molecule has 2 N–H and O–H groups in total. The zero-order valence-corrected chi connectivity index (χ0v) is 11.8. The number of benzene rings is 2. The van der Waals surface area contributed by atoms with E-state index in [0.717, 1.165) is 16.5 Å². The number of para-hydroxylation sites is 1. The summed E-state index contributed by atoms with van der Waals surface area (Å²) in [5.74, 6) is 0.423. The smallest absolute Gasteiger partial charge is 0.142 e. The number of nitrogen functional groups attached to an aromatic ring is 1. The molecular formula is C16H12ClFN2O. The van der Waals surface area contributed by atoms with Gasteiger partial charge in [0.2, 0.25) is 0 Å². The lowest BCUT2D eigenvalue weighted by Crippen LogP contribution is -2.02. The van der Waals surface area contributed by atoms with Gasteiger partial charge in [0.25, 0.3) is 0 Å². The quantitative estimate of drug-likeness (QED) is 0.789. The molecule has 3 aromatic rings. The largest absolute Gasteiger partial charge is 0.489 e. The summed E-state index contributed by atoms with van der Waals surface area (Å²) < 4.78 is 18.7. The fourth-order valence-electron chi connectivity index (χ4n) is 2.02. The number of anilines is 1. The van der Waals surface area contributed by atoms with Crippen molar-refractivity contribution in [3.05, 3.63) is 64.9 Å². The van der Waals surface area contributed by atoms with Crippen molar-refractivity contribution >= 4 is 28.3 Å². The molecule has 1 heterocycles. The van der Waals surface area contributed by atoms with Gasteiger partial charge in [0.05, 0.1) is 10.5 Å². The van der Waals surface area contributed by atoms with Crippen LogP contribution >= 0.6 is 11.6 Å². The van der Waals surface area contributed by atoms with Gasteiger partial charge in [-0.15, -0.1) is 0 Å². The Labute approximate surface area is 126 Å². The summed E-state index contributed by atoms with van der Waals surface area (Å²) in [4.78, 5) is 4.33. The Hall–Kier alpha value is -2.33. The first-order valence-electron chi connectivity index (χ1n) is 6.35. The number of halogens is 2. The van der Waals surface area contributed by atoms with Gasteiger partial charge in [-0.05, 0) is 24.3 Å². The van der Waals surface area contributed by atoms with Crippen LogP contribution in [-0.2, 0) is 6.61 Å². The molecule has 0 aliphatic heterocycles. The van der Waals surface area contributed by atoms with Gasteiger partial charge in [-0.3, -0.25) is 0 Å². The second-order valence-electron chi connectivity index (χ2n) is 4.59. The number of pyridine rings is 1. The highest BCUT2D eigenvalue weighted by atomic mass is 35.5. The molecular weight excluding hydrogens is 291 g/mol. The van der Waals surface area contributed by atoms with Crippen LogP contribution in [0.1, 0.15) is 5.56 Å². The third-order valence-corrected chi connectivity index (χ3v) is 3.41. The topological polar surface area (TPSA) is 48.1 Å². The van der Waals surface area contributed by atoms with Gasteiger partial charge in [0, 0.05) is 17.0 Å². The van der Waals surface area contributed by atoms with Gasteiger partial charge in [-0.2, -0.15) is 0 Å². The van der Waals surface area contributed by atoms with E-state index in [-0.39, 0.29) is 11.6 Å². The standard InChI is InChI=1S/C16H12ClFN2O/c17-13-8-12(5-6-14(13)18)21-9-11-7-10-3-1-2-4-15(10)20-16(11)19/h1-8H,9H2,(H2,19,20). The molecule has 0 fully saturated rings. The highest BCUT2D eigenvalue weighted by Gasteiger charge is 2.06. The van der Waals surface area contributed by atoms with Gasteiger partial charge in [0.1, 0.15) is 24.0 Å². The molecule has 0 radical (unpaired) electrons. The van der Waals surface area contributed by atoms with Crippen molar-refractivity contribution in [3.8, 4) is 5.75 Å². The van der Waals surface area contributed by atoms with Gasteiger partial charge in [0.15, 0.2) is 0 Å². The fourth-order valence-corrected chi connectivity index (χ4v) is 2.19. The van der Waals surface area contributed by atoms with E-state index < -0.39 is 5.82 Å². The molecule has 3 nitrogen and oxygen atoms in total. The van der Waals surface area contributed by atoms with E-state index in [1.165, 1.54) is 18.2 Å². The molecule has 0 unspecified atom stereocenters. The van der Waals surface area contributed by atoms with Crippen LogP contribution in [0.25, 0.3) is 10.9 Å². The lowest BCUT2D eigenvalue weighted by molar-refractivity contribution is 0.306. The Morgan fingerprint density at radius 1 is 1.14 bits per heavy atom. The van der Waals surface area contributed by atoms with Crippen LogP contribution in [0.3, 0.4) is 0 Å². The molecule has 0 amide bonds. The van der Waals surface area contributed by atoms with Crippen LogP contribution in [0.15, 0.2) is 48.5 Å². The summed E-state index contributed by atoms with van der Waals surface area (Å²) in [5.41, 5.74) is 7.54. The Morgan fingerprint density at radius 3 is 2.76 bits per heavy atom. The van der Waals surface area contributed by atoms with Gasteiger partial charge < -0.3 is 10.5 Å². The highest BCUT2D eigenvalue weighted by molar-refractivity contribution is 6.30. The van der Waals surface area contributed by atoms with Gasteiger partial charge in [-0.25, -0.2) is 9.37 Å². The summed E-state index contributed by atoms with van der Waals surface area (Å²) >= 11 is 5.71. The van der Waals surface area contributed by atoms with E-state index in [1.807, 2.05) is 30.3 Å². The minimum absolute atomic E-state index is 0.0251. The summed E-state index contributed by atoms with van der Waals surface area (Å²) in [5, 5.41) is 1.01. The maximum absolute atomic E-state index is 13.1. The molecule has 106 valence electrons. The molecule has 1 aromatic heterocycles. The molecule has 0 saturated heterocycles. The molecule has 3 rings (SSSR count). The first-order valence-corrected chi connectivity index (χ1v) is 6.73. The number of ether oxygens (including phenoxy) is 1. The number of nitrogens with zero attached hydrogens (tertiary/aromatic N) is 1. The second kappa shape index (κ2) is 5.58. The summed E-state index contributed by atoms with van der Waals surface area (Å²) in [6.07, 6.45) is 0. The lowest BCUT2D eigenvalue weighted by Gasteiger charge is -2.10.